The van der Waals surface area contributed by atoms with Crippen LogP contribution in [0.5, 0.6) is 0 Å². The first-order chi connectivity index (χ1) is 20.6. The molecule has 0 spiro atoms. The lowest BCUT2D eigenvalue weighted by molar-refractivity contribution is 0.0938. The van der Waals surface area contributed by atoms with E-state index in [9.17, 15) is 4.79 Å². The molecule has 1 amide bonds. The average Bonchev–Trinajstić information content (AvgIpc) is 3.68. The number of thioether (sulfide) groups is 1. The molecule has 0 aliphatic rings. The van der Waals surface area contributed by atoms with E-state index in [1.54, 1.807) is 5.38 Å². The SMILES string of the molecule is Cc1ccccc1-n1c(SCc2nc(C(=O)NC(c3ccccc3)c3ccccc3)cs2)nnc1-c1ccccc1Cl. The number of hydrogen-bond donors (Lipinski definition) is 1. The summed E-state index contributed by atoms with van der Waals surface area (Å²) in [4.78, 5) is 18.0. The fourth-order valence-corrected chi connectivity index (χ4v) is 6.63. The molecule has 42 heavy (non-hydrogen) atoms. The lowest BCUT2D eigenvalue weighted by Crippen LogP contribution is -2.29. The van der Waals surface area contributed by atoms with Gasteiger partial charge in [0.2, 0.25) is 0 Å². The number of nitrogens with one attached hydrogen (secondary N) is 1. The van der Waals surface area contributed by atoms with Gasteiger partial charge in [-0.15, -0.1) is 21.5 Å². The van der Waals surface area contributed by atoms with E-state index in [4.69, 9.17) is 11.6 Å². The van der Waals surface area contributed by atoms with Crippen molar-refractivity contribution < 1.29 is 4.79 Å². The highest BCUT2D eigenvalue weighted by atomic mass is 35.5. The number of para-hydroxylation sites is 1. The molecular weight excluding hydrogens is 582 g/mol. The summed E-state index contributed by atoms with van der Waals surface area (Å²) in [6.45, 7) is 2.06. The summed E-state index contributed by atoms with van der Waals surface area (Å²) in [5.41, 5.74) is 5.28. The third-order valence-electron chi connectivity index (χ3n) is 6.75. The molecule has 9 heteroatoms. The molecule has 0 bridgehead atoms. The second-order valence-electron chi connectivity index (χ2n) is 9.55. The number of nitrogens with zero attached hydrogens (tertiary/aromatic N) is 4. The van der Waals surface area contributed by atoms with Crippen LogP contribution in [0, 0.1) is 6.92 Å². The number of aryl methyl sites for hydroxylation is 1. The molecule has 2 aromatic heterocycles. The molecule has 6 aromatic rings. The molecule has 0 radical (unpaired) electrons. The number of thiazole rings is 1. The minimum atomic E-state index is -0.282. The molecule has 0 atom stereocenters. The van der Waals surface area contributed by atoms with Crippen LogP contribution in [0.1, 0.15) is 38.2 Å². The number of rotatable bonds is 9. The molecule has 0 unspecified atom stereocenters. The number of benzene rings is 4. The Kier molecular flexibility index (Phi) is 8.46. The van der Waals surface area contributed by atoms with Gasteiger partial charge in [-0.25, -0.2) is 4.98 Å². The Balaban J connectivity index is 1.23. The highest BCUT2D eigenvalue weighted by molar-refractivity contribution is 7.98. The van der Waals surface area contributed by atoms with E-state index in [-0.39, 0.29) is 11.9 Å². The Labute approximate surface area is 257 Å². The number of carbonyl (C=O) groups is 1. The molecule has 2 heterocycles. The van der Waals surface area contributed by atoms with Gasteiger partial charge in [-0.2, -0.15) is 0 Å². The standard InChI is InChI=1S/C33H26ClN5OS2/c1-22-12-8-11-19-28(22)39-31(25-17-9-10-18-26(25)34)37-38-33(39)42-21-29-35-27(20-41-29)32(40)36-30(23-13-4-2-5-14-23)24-15-6-3-7-16-24/h2-20,30H,21H2,1H3,(H,36,40). The molecule has 0 fully saturated rings. The number of hydrogen-bond acceptors (Lipinski definition) is 6. The van der Waals surface area contributed by atoms with Crippen molar-refractivity contribution in [3.63, 3.8) is 0 Å². The van der Waals surface area contributed by atoms with Crippen LogP contribution in [0.25, 0.3) is 17.1 Å². The van der Waals surface area contributed by atoms with Crippen LogP contribution in [0.2, 0.25) is 5.02 Å². The first kappa shape index (κ1) is 27.9. The fraction of sp³-hybridized carbons (Fsp3) is 0.0909. The van der Waals surface area contributed by atoms with Crippen LogP contribution in [0.15, 0.2) is 120 Å². The Morgan fingerprint density at radius 2 is 1.52 bits per heavy atom. The quantitative estimate of drug-likeness (QED) is 0.168. The van der Waals surface area contributed by atoms with Crippen molar-refractivity contribution >= 4 is 40.6 Å². The van der Waals surface area contributed by atoms with Crippen LogP contribution in [0.3, 0.4) is 0 Å². The zero-order valence-electron chi connectivity index (χ0n) is 22.6. The summed E-state index contributed by atoms with van der Waals surface area (Å²) in [6, 6.07) is 35.4. The predicted octanol–water partition coefficient (Wildman–Crippen LogP) is 8.16. The van der Waals surface area contributed by atoms with Gasteiger partial charge in [-0.05, 0) is 41.8 Å². The summed E-state index contributed by atoms with van der Waals surface area (Å²) in [5, 5.41) is 16.2. The van der Waals surface area contributed by atoms with Gasteiger partial charge < -0.3 is 5.32 Å². The van der Waals surface area contributed by atoms with E-state index in [0.717, 1.165) is 32.9 Å². The van der Waals surface area contributed by atoms with Crippen LogP contribution in [-0.2, 0) is 5.75 Å². The minimum Gasteiger partial charge on any atom is -0.340 e. The summed E-state index contributed by atoms with van der Waals surface area (Å²) >= 11 is 9.53. The zero-order valence-corrected chi connectivity index (χ0v) is 25.0. The molecule has 1 N–H and O–H groups in total. The fourth-order valence-electron chi connectivity index (χ4n) is 4.67. The molecular formula is C33H26ClN5OS2. The molecule has 0 aliphatic heterocycles. The van der Waals surface area contributed by atoms with E-state index in [0.29, 0.717) is 27.5 Å². The molecule has 208 valence electrons. The number of aromatic nitrogens is 4. The maximum absolute atomic E-state index is 13.3. The number of carbonyl (C=O) groups excluding carboxylic acids is 1. The Hall–Kier alpha value is -4.24. The molecule has 6 nitrogen and oxygen atoms in total. The Morgan fingerprint density at radius 3 is 2.21 bits per heavy atom. The average molecular weight is 608 g/mol. The predicted molar refractivity (Wildman–Crippen MR) is 170 cm³/mol. The first-order valence-electron chi connectivity index (χ1n) is 13.3. The Bertz CT molecular complexity index is 1780. The number of halogens is 1. The second kappa shape index (κ2) is 12.7. The van der Waals surface area contributed by atoms with Gasteiger partial charge in [-0.3, -0.25) is 9.36 Å². The Morgan fingerprint density at radius 1 is 0.881 bits per heavy atom. The first-order valence-corrected chi connectivity index (χ1v) is 15.6. The van der Waals surface area contributed by atoms with Crippen molar-refractivity contribution in [3.05, 3.63) is 147 Å². The minimum absolute atomic E-state index is 0.218. The van der Waals surface area contributed by atoms with E-state index in [1.807, 2.05) is 108 Å². The van der Waals surface area contributed by atoms with Crippen molar-refractivity contribution in [1.82, 2.24) is 25.1 Å². The highest BCUT2D eigenvalue weighted by Gasteiger charge is 2.22. The van der Waals surface area contributed by atoms with E-state index < -0.39 is 0 Å². The molecule has 4 aromatic carbocycles. The van der Waals surface area contributed by atoms with E-state index in [2.05, 4.69) is 33.5 Å². The van der Waals surface area contributed by atoms with Gasteiger partial charge in [0.05, 0.1) is 22.5 Å². The normalized spacial score (nSPS) is 11.1. The van der Waals surface area contributed by atoms with E-state index >= 15 is 0 Å². The third kappa shape index (κ3) is 6.01. The van der Waals surface area contributed by atoms with Crippen LogP contribution < -0.4 is 5.32 Å². The van der Waals surface area contributed by atoms with Gasteiger partial charge in [0.15, 0.2) is 11.0 Å². The maximum atomic E-state index is 13.3. The maximum Gasteiger partial charge on any atom is 0.271 e. The van der Waals surface area contributed by atoms with Gasteiger partial charge in [0.1, 0.15) is 10.7 Å². The molecule has 0 saturated heterocycles. The second-order valence-corrected chi connectivity index (χ2v) is 11.8. The third-order valence-corrected chi connectivity index (χ3v) is 9.06. The van der Waals surface area contributed by atoms with Crippen molar-refractivity contribution in [2.24, 2.45) is 0 Å². The van der Waals surface area contributed by atoms with Gasteiger partial charge in [0, 0.05) is 10.9 Å². The van der Waals surface area contributed by atoms with Crippen molar-refractivity contribution in [3.8, 4) is 17.1 Å². The van der Waals surface area contributed by atoms with E-state index in [1.165, 1.54) is 23.1 Å². The summed E-state index contributed by atoms with van der Waals surface area (Å²) < 4.78 is 2.03. The van der Waals surface area contributed by atoms with Crippen LogP contribution in [0.4, 0.5) is 0 Å². The van der Waals surface area contributed by atoms with Crippen molar-refractivity contribution in [1.29, 1.82) is 0 Å². The summed E-state index contributed by atoms with van der Waals surface area (Å²) in [5.74, 6) is 0.986. The lowest BCUT2D eigenvalue weighted by Gasteiger charge is -2.19. The molecule has 6 rings (SSSR count). The highest BCUT2D eigenvalue weighted by Crippen LogP contribution is 2.34. The summed E-state index contributed by atoms with van der Waals surface area (Å²) in [7, 11) is 0. The lowest BCUT2D eigenvalue weighted by atomic mass is 9.98. The monoisotopic (exact) mass is 607 g/mol. The molecule has 0 aliphatic carbocycles. The van der Waals surface area contributed by atoms with Crippen molar-refractivity contribution in [2.75, 3.05) is 0 Å². The largest absolute Gasteiger partial charge is 0.340 e. The summed E-state index contributed by atoms with van der Waals surface area (Å²) in [6.07, 6.45) is 0. The van der Waals surface area contributed by atoms with Gasteiger partial charge in [-0.1, -0.05) is 114 Å². The van der Waals surface area contributed by atoms with Crippen LogP contribution >= 0.6 is 34.7 Å². The topological polar surface area (TPSA) is 72.7 Å². The van der Waals surface area contributed by atoms with Gasteiger partial charge >= 0.3 is 0 Å². The van der Waals surface area contributed by atoms with Crippen molar-refractivity contribution in [2.45, 2.75) is 23.9 Å². The zero-order chi connectivity index (χ0) is 28.9. The number of amides is 1. The van der Waals surface area contributed by atoms with Crippen LogP contribution in [-0.4, -0.2) is 25.7 Å². The van der Waals surface area contributed by atoms with Gasteiger partial charge in [0.25, 0.3) is 5.91 Å². The molecule has 0 saturated carbocycles. The smallest absolute Gasteiger partial charge is 0.271 e.